The van der Waals surface area contributed by atoms with E-state index in [0.29, 0.717) is 72.2 Å². The fourth-order valence-corrected chi connectivity index (χ4v) is 6.83. The molecule has 51 heavy (non-hydrogen) atoms. The average Bonchev–Trinajstić information content (AvgIpc) is 3.79. The van der Waals surface area contributed by atoms with Crippen molar-refractivity contribution in [2.24, 2.45) is 0 Å². The van der Waals surface area contributed by atoms with Gasteiger partial charge in [0.15, 0.2) is 0 Å². The largest absolute Gasteiger partial charge is 0.465 e. The number of benzene rings is 2. The summed E-state index contributed by atoms with van der Waals surface area (Å²) in [5, 5.41) is 15.1. The topological polar surface area (TPSA) is 153 Å². The predicted molar refractivity (Wildman–Crippen MR) is 198 cm³/mol. The van der Waals surface area contributed by atoms with Crippen molar-refractivity contribution >= 4 is 50.4 Å². The summed E-state index contributed by atoms with van der Waals surface area (Å²) in [6.07, 6.45) is 7.71. The number of aromatic amines is 1. The number of nitrogens with one attached hydrogen (secondary N) is 2. The van der Waals surface area contributed by atoms with Crippen LogP contribution in [-0.4, -0.2) is 94.9 Å². The van der Waals surface area contributed by atoms with Gasteiger partial charge in [0, 0.05) is 56.3 Å². The molecule has 0 saturated carbocycles. The van der Waals surface area contributed by atoms with Crippen LogP contribution in [0, 0.1) is 0 Å². The molecule has 2 amide bonds. The van der Waals surface area contributed by atoms with Gasteiger partial charge in [-0.3, -0.25) is 14.3 Å². The molecule has 0 spiro atoms. The third-order valence-electron chi connectivity index (χ3n) is 8.61. The number of sulfonamides is 1. The summed E-state index contributed by atoms with van der Waals surface area (Å²) in [5.41, 5.74) is 5.45. The Morgan fingerprint density at radius 3 is 2.39 bits per heavy atom. The highest BCUT2D eigenvalue weighted by atomic mass is 32.2. The fraction of sp³-hybridized carbons (Fsp3) is 0.324. The molecule has 13 nitrogen and oxygen atoms in total. The molecule has 1 saturated heterocycles. The SMILES string of the molecule is CC(C)(C)OC(=O)N1CCN(c2ccc(C3=CC(c4cnn(CCc5ccccc5)c4)=C(c4ccc[nH]4)N(C(=O)O)C3)cc2NS(C)(=O)=O)CC1. The Balaban J connectivity index is 1.34. The van der Waals surface area contributed by atoms with Crippen LogP contribution in [0.3, 0.4) is 0 Å². The van der Waals surface area contributed by atoms with Crippen LogP contribution in [0.25, 0.3) is 16.8 Å². The van der Waals surface area contributed by atoms with Crippen molar-refractivity contribution < 1.29 is 27.9 Å². The lowest BCUT2D eigenvalue weighted by Gasteiger charge is -2.37. The van der Waals surface area contributed by atoms with Crippen LogP contribution in [0.2, 0.25) is 0 Å². The molecule has 0 atom stereocenters. The molecule has 0 unspecified atom stereocenters. The average molecular weight is 714 g/mol. The zero-order valence-corrected chi connectivity index (χ0v) is 30.0. The lowest BCUT2D eigenvalue weighted by atomic mass is 9.93. The van der Waals surface area contributed by atoms with Crippen LogP contribution in [-0.2, 0) is 27.7 Å². The van der Waals surface area contributed by atoms with E-state index in [9.17, 15) is 23.1 Å². The first-order valence-electron chi connectivity index (χ1n) is 16.7. The van der Waals surface area contributed by atoms with Crippen LogP contribution in [0.1, 0.15) is 43.2 Å². The van der Waals surface area contributed by atoms with Crippen molar-refractivity contribution in [1.29, 1.82) is 0 Å². The summed E-state index contributed by atoms with van der Waals surface area (Å²) >= 11 is 0. The van der Waals surface area contributed by atoms with E-state index in [0.717, 1.165) is 18.2 Å². The summed E-state index contributed by atoms with van der Waals surface area (Å²) in [4.78, 5) is 33.6. The fourth-order valence-electron chi connectivity index (χ4n) is 6.27. The molecule has 4 heterocycles. The molecule has 0 aliphatic carbocycles. The minimum Gasteiger partial charge on any atom is -0.465 e. The Morgan fingerprint density at radius 1 is 1.00 bits per heavy atom. The molecule has 2 aliphatic rings. The van der Waals surface area contributed by atoms with E-state index in [-0.39, 0.29) is 12.6 Å². The van der Waals surface area contributed by atoms with Crippen LogP contribution >= 0.6 is 0 Å². The monoisotopic (exact) mass is 713 g/mol. The number of nitrogens with zero attached hydrogens (tertiary/aromatic N) is 5. The number of carbonyl (C=O) groups is 2. The number of rotatable bonds is 9. The van der Waals surface area contributed by atoms with E-state index in [1.165, 1.54) is 10.5 Å². The van der Waals surface area contributed by atoms with Crippen molar-refractivity contribution in [2.75, 3.05) is 48.6 Å². The highest BCUT2D eigenvalue weighted by molar-refractivity contribution is 7.92. The molecule has 1 fully saturated rings. The van der Waals surface area contributed by atoms with E-state index in [4.69, 9.17) is 4.74 Å². The second-order valence-corrected chi connectivity index (χ2v) is 15.4. The summed E-state index contributed by atoms with van der Waals surface area (Å²) in [6.45, 7) is 7.88. The van der Waals surface area contributed by atoms with E-state index in [2.05, 4.69) is 26.9 Å². The number of hydrogen-bond donors (Lipinski definition) is 3. The van der Waals surface area contributed by atoms with Gasteiger partial charge in [0.1, 0.15) is 5.60 Å². The van der Waals surface area contributed by atoms with Gasteiger partial charge in [0.05, 0.1) is 41.8 Å². The lowest BCUT2D eigenvalue weighted by Crippen LogP contribution is -2.50. The number of aromatic nitrogens is 3. The Labute approximate surface area is 297 Å². The van der Waals surface area contributed by atoms with E-state index >= 15 is 0 Å². The normalized spacial score (nSPS) is 15.5. The first-order chi connectivity index (χ1) is 24.2. The first kappa shape index (κ1) is 35.3. The van der Waals surface area contributed by atoms with Gasteiger partial charge in [-0.1, -0.05) is 36.4 Å². The van der Waals surface area contributed by atoms with Crippen LogP contribution < -0.4 is 9.62 Å². The Hall–Kier alpha value is -5.50. The van der Waals surface area contributed by atoms with E-state index < -0.39 is 21.7 Å². The van der Waals surface area contributed by atoms with Gasteiger partial charge in [0.25, 0.3) is 0 Å². The molecule has 268 valence electrons. The minimum atomic E-state index is -3.68. The van der Waals surface area contributed by atoms with E-state index in [1.54, 1.807) is 23.4 Å². The Kier molecular flexibility index (Phi) is 9.97. The van der Waals surface area contributed by atoms with Gasteiger partial charge in [-0.25, -0.2) is 18.0 Å². The van der Waals surface area contributed by atoms with Gasteiger partial charge >= 0.3 is 12.2 Å². The maximum atomic E-state index is 12.8. The zero-order valence-electron chi connectivity index (χ0n) is 29.2. The smallest absolute Gasteiger partial charge is 0.412 e. The van der Waals surface area contributed by atoms with Crippen LogP contribution in [0.15, 0.2) is 85.3 Å². The zero-order chi connectivity index (χ0) is 36.3. The maximum absolute atomic E-state index is 12.8. The number of hydrogen-bond acceptors (Lipinski definition) is 7. The molecule has 6 rings (SSSR count). The molecule has 0 radical (unpaired) electrons. The van der Waals surface area contributed by atoms with Crippen molar-refractivity contribution in [3.63, 3.8) is 0 Å². The van der Waals surface area contributed by atoms with Crippen molar-refractivity contribution in [3.05, 3.63) is 108 Å². The summed E-state index contributed by atoms with van der Waals surface area (Å²) in [7, 11) is -3.68. The second-order valence-electron chi connectivity index (χ2n) is 13.7. The number of anilines is 2. The Bertz CT molecular complexity index is 2060. The standard InChI is InChI=1S/C37H43N7O6S/c1-37(2,3)50-36(47)42-19-17-41(18-20-42)33-13-12-27(22-32(33)40-51(4,48)49)28-21-30(34(31-11-8-15-38-31)44(25-28)35(45)46)29-23-39-43(24-29)16-14-26-9-6-5-7-10-26/h5-13,15,21-24,38,40H,14,16-20,25H2,1-4H3,(H,45,46). The van der Waals surface area contributed by atoms with E-state index in [1.807, 2.05) is 85.1 Å². The van der Waals surface area contributed by atoms with Crippen molar-refractivity contribution in [2.45, 2.75) is 39.3 Å². The summed E-state index contributed by atoms with van der Waals surface area (Å²) in [6, 6.07) is 19.2. The summed E-state index contributed by atoms with van der Waals surface area (Å²) in [5.74, 6) is 0. The van der Waals surface area contributed by atoms with Crippen molar-refractivity contribution in [3.8, 4) is 0 Å². The minimum absolute atomic E-state index is 0.0293. The summed E-state index contributed by atoms with van der Waals surface area (Å²) < 4.78 is 35.2. The molecule has 4 aromatic rings. The molecular formula is C37H43N7O6S. The number of piperazine rings is 1. The highest BCUT2D eigenvalue weighted by Crippen LogP contribution is 2.39. The molecule has 14 heteroatoms. The number of amides is 2. The maximum Gasteiger partial charge on any atom is 0.412 e. The molecule has 0 bridgehead atoms. The van der Waals surface area contributed by atoms with Crippen LogP contribution in [0.4, 0.5) is 21.0 Å². The number of carbonyl (C=O) groups excluding carboxylic acids is 1. The van der Waals surface area contributed by atoms with Crippen LogP contribution in [0.5, 0.6) is 0 Å². The number of allylic oxidation sites excluding steroid dienone is 2. The molecule has 2 aromatic heterocycles. The number of H-pyrrole nitrogens is 1. The third-order valence-corrected chi connectivity index (χ3v) is 9.20. The quantitative estimate of drug-likeness (QED) is 0.196. The molecule has 3 N–H and O–H groups in total. The van der Waals surface area contributed by atoms with Gasteiger partial charge in [-0.05, 0) is 74.2 Å². The van der Waals surface area contributed by atoms with Gasteiger partial charge < -0.3 is 24.6 Å². The van der Waals surface area contributed by atoms with Crippen molar-refractivity contribution in [1.82, 2.24) is 24.6 Å². The second kappa shape index (κ2) is 14.4. The van der Waals surface area contributed by atoms with Gasteiger partial charge in [0.2, 0.25) is 10.0 Å². The molecular weight excluding hydrogens is 671 g/mol. The van der Waals surface area contributed by atoms with Gasteiger partial charge in [-0.15, -0.1) is 0 Å². The van der Waals surface area contributed by atoms with Gasteiger partial charge in [-0.2, -0.15) is 5.10 Å². The molecule has 2 aliphatic heterocycles. The lowest BCUT2D eigenvalue weighted by molar-refractivity contribution is 0.0240. The number of aryl methyl sites for hydroxylation is 2. The molecule has 2 aromatic carbocycles. The Morgan fingerprint density at radius 2 is 1.75 bits per heavy atom. The predicted octanol–water partition coefficient (Wildman–Crippen LogP) is 5.83. The first-order valence-corrected chi connectivity index (χ1v) is 18.6. The highest BCUT2D eigenvalue weighted by Gasteiger charge is 2.31. The number of ether oxygens (including phenoxy) is 1. The third kappa shape index (κ3) is 8.63. The number of carboxylic acid groups (broad SMARTS) is 1.